The van der Waals surface area contributed by atoms with E-state index in [9.17, 15) is 0 Å². The average Bonchev–Trinajstić information content (AvgIpc) is 2.34. The molecule has 0 aromatic carbocycles. The second-order valence-corrected chi connectivity index (χ2v) is 6.15. The highest BCUT2D eigenvalue weighted by Gasteiger charge is 2.30. The number of rotatable bonds is 2. The lowest BCUT2D eigenvalue weighted by atomic mass is 10.8. The fraction of sp³-hybridized carbons (Fsp3) is 1.00. The Morgan fingerprint density at radius 3 is 2.40 bits per heavy atom. The van der Waals surface area contributed by atoms with Crippen LogP contribution < -0.4 is 5.32 Å². The number of thioether (sulfide) groups is 1. The maximum absolute atomic E-state index is 2.39. The number of hydrogen-bond acceptors (Lipinski definition) is 4. The Hall–Kier alpha value is 0.970. The van der Waals surface area contributed by atoms with E-state index < -0.39 is 0 Å². The molecule has 0 aromatic heterocycles. The summed E-state index contributed by atoms with van der Waals surface area (Å²) in [5, 5.41) is 2.39. The molecule has 1 rings (SSSR count). The van der Waals surface area contributed by atoms with Crippen LogP contribution in [0.5, 0.6) is 0 Å². The number of quaternary nitrogens is 1. The van der Waals surface area contributed by atoms with Crippen LogP contribution in [-0.2, 0) is 0 Å². The monoisotopic (exact) mass is 197 g/mol. The zero-order valence-corrected chi connectivity index (χ0v) is 8.85. The molecule has 5 heteroatoms. The lowest BCUT2D eigenvalue weighted by Crippen LogP contribution is -2.92. The smallest absolute Gasteiger partial charge is 0.201 e. The van der Waals surface area contributed by atoms with Gasteiger partial charge >= 0.3 is 0 Å². The van der Waals surface area contributed by atoms with Gasteiger partial charge in [0.15, 0.2) is 4.71 Å². The highest BCUT2D eigenvalue weighted by Crippen LogP contribution is 2.35. The van der Waals surface area contributed by atoms with Crippen LogP contribution in [0.15, 0.2) is 0 Å². The summed E-state index contributed by atoms with van der Waals surface area (Å²) in [5.41, 5.74) is 0.613. The Morgan fingerprint density at radius 2 is 2.10 bits per heavy atom. The van der Waals surface area contributed by atoms with Gasteiger partial charge in [-0.2, -0.15) is 0 Å². The van der Waals surface area contributed by atoms with Gasteiger partial charge in [0.25, 0.3) is 0 Å². The van der Waals surface area contributed by atoms with E-state index in [1.54, 1.807) is 0 Å². The number of hydrogen-bond donors (Lipinski definition) is 1. The third-order valence-electron chi connectivity index (χ3n) is 1.31. The third kappa shape index (κ3) is 2.23. The van der Waals surface area contributed by atoms with Gasteiger partial charge in [-0.05, 0) is 41.9 Å². The summed E-state index contributed by atoms with van der Waals surface area (Å²) >= 11 is 1.91. The number of nitrogens with zero attached hydrogens (tertiary/aromatic N) is 1. The summed E-state index contributed by atoms with van der Waals surface area (Å²) in [5.74, 6) is 0. The number of nitrogens with two attached hydrogens (primary N) is 1. The topological polar surface area (TPSA) is 19.9 Å². The molecule has 0 radical (unpaired) electrons. The van der Waals surface area contributed by atoms with Crippen LogP contribution in [0, 0.1) is 0 Å². The van der Waals surface area contributed by atoms with Gasteiger partial charge in [-0.1, -0.05) is 11.8 Å². The zero-order chi connectivity index (χ0) is 7.56. The van der Waals surface area contributed by atoms with E-state index in [1.165, 1.54) is 0 Å². The molecular formula is C5H13N2S3+. The molecular weight excluding hydrogens is 184 g/mol. The first-order chi connectivity index (χ1) is 4.74. The van der Waals surface area contributed by atoms with Gasteiger partial charge in [-0.15, -0.1) is 0 Å². The predicted octanol–water partition coefficient (Wildman–Crippen LogP) is 0.437. The van der Waals surface area contributed by atoms with Crippen LogP contribution in [0.2, 0.25) is 0 Å². The van der Waals surface area contributed by atoms with Gasteiger partial charge in [-0.25, -0.2) is 0 Å². The summed E-state index contributed by atoms with van der Waals surface area (Å²) in [6.07, 6.45) is 2.16. The van der Waals surface area contributed by atoms with Crippen LogP contribution in [0.1, 0.15) is 0 Å². The van der Waals surface area contributed by atoms with Crippen molar-refractivity contribution in [1.82, 2.24) is 4.90 Å². The van der Waals surface area contributed by atoms with Crippen molar-refractivity contribution >= 4 is 33.3 Å². The molecule has 60 valence electrons. The predicted molar refractivity (Wildman–Crippen MR) is 51.9 cm³/mol. The minimum absolute atomic E-state index is 0.613. The van der Waals surface area contributed by atoms with Gasteiger partial charge in [0.1, 0.15) is 0 Å². The molecule has 0 bridgehead atoms. The molecule has 1 fully saturated rings. The Morgan fingerprint density at radius 1 is 1.40 bits per heavy atom. The second kappa shape index (κ2) is 4.11. The van der Waals surface area contributed by atoms with Crippen LogP contribution in [0.4, 0.5) is 0 Å². The molecule has 0 aliphatic carbocycles. The lowest BCUT2D eigenvalue weighted by molar-refractivity contribution is -0.674. The van der Waals surface area contributed by atoms with Crippen molar-refractivity contribution in [3.05, 3.63) is 0 Å². The quantitative estimate of drug-likeness (QED) is 0.648. The molecule has 2 N–H and O–H groups in total. The van der Waals surface area contributed by atoms with Crippen molar-refractivity contribution in [2.24, 2.45) is 0 Å². The first kappa shape index (κ1) is 9.06. The Balaban J connectivity index is 2.28. The van der Waals surface area contributed by atoms with E-state index in [0.29, 0.717) is 10.2 Å². The van der Waals surface area contributed by atoms with Crippen molar-refractivity contribution in [1.29, 1.82) is 0 Å². The SMILES string of the molecule is CSC1[NH2+]C(N(C)C)SS1. The van der Waals surface area contributed by atoms with Gasteiger partial charge in [-0.3, -0.25) is 4.90 Å². The average molecular weight is 197 g/mol. The Bertz CT molecular complexity index is 109. The van der Waals surface area contributed by atoms with Gasteiger partial charge in [0.2, 0.25) is 5.50 Å². The summed E-state index contributed by atoms with van der Waals surface area (Å²) in [6, 6.07) is 0. The highest BCUT2D eigenvalue weighted by atomic mass is 33.1. The van der Waals surface area contributed by atoms with Crippen LogP contribution in [0.25, 0.3) is 0 Å². The van der Waals surface area contributed by atoms with Crippen LogP contribution >= 0.6 is 33.3 Å². The summed E-state index contributed by atoms with van der Waals surface area (Å²) in [6.45, 7) is 0. The zero-order valence-electron chi connectivity index (χ0n) is 6.40. The van der Waals surface area contributed by atoms with Crippen molar-refractivity contribution in [3.8, 4) is 0 Å². The first-order valence-corrected chi connectivity index (χ1v) is 6.67. The third-order valence-corrected chi connectivity index (χ3v) is 5.95. The second-order valence-electron chi connectivity index (χ2n) is 2.34. The molecule has 0 aromatic rings. The van der Waals surface area contributed by atoms with Crippen molar-refractivity contribution < 1.29 is 5.32 Å². The summed E-state index contributed by atoms with van der Waals surface area (Å²) in [7, 11) is 8.16. The lowest BCUT2D eigenvalue weighted by Gasteiger charge is -2.13. The molecule has 10 heavy (non-hydrogen) atoms. The van der Waals surface area contributed by atoms with E-state index in [-0.39, 0.29) is 0 Å². The molecule has 1 aliphatic rings. The van der Waals surface area contributed by atoms with E-state index in [2.05, 4.69) is 30.6 Å². The Labute approximate surface area is 74.3 Å². The minimum Gasteiger partial charge on any atom is -0.301 e. The first-order valence-electron chi connectivity index (χ1n) is 3.10. The molecule has 2 unspecified atom stereocenters. The highest BCUT2D eigenvalue weighted by molar-refractivity contribution is 8.78. The summed E-state index contributed by atoms with van der Waals surface area (Å²) in [4.78, 5) is 2.24. The molecule has 2 atom stereocenters. The van der Waals surface area contributed by atoms with E-state index >= 15 is 0 Å². The largest absolute Gasteiger partial charge is 0.301 e. The van der Waals surface area contributed by atoms with Gasteiger partial charge in [0, 0.05) is 0 Å². The maximum Gasteiger partial charge on any atom is 0.201 e. The molecule has 0 spiro atoms. The fourth-order valence-electron chi connectivity index (χ4n) is 0.686. The van der Waals surface area contributed by atoms with Crippen LogP contribution in [0.3, 0.4) is 0 Å². The summed E-state index contributed by atoms with van der Waals surface area (Å²) < 4.78 is 0.692. The van der Waals surface area contributed by atoms with Crippen molar-refractivity contribution in [3.63, 3.8) is 0 Å². The van der Waals surface area contributed by atoms with Crippen molar-refractivity contribution in [2.75, 3.05) is 20.4 Å². The van der Waals surface area contributed by atoms with E-state index in [0.717, 1.165) is 0 Å². The van der Waals surface area contributed by atoms with Gasteiger partial charge in [0.05, 0.1) is 0 Å². The normalized spacial score (nSPS) is 33.6. The standard InChI is InChI=1S/C5H12N2S3/c1-7(2)4-6-5(8-3)10-9-4/h4-6H,1-3H3/p+1. The molecule has 0 saturated carbocycles. The molecule has 1 heterocycles. The molecule has 2 nitrogen and oxygen atoms in total. The molecule has 1 aliphatic heterocycles. The fourth-order valence-corrected chi connectivity index (χ4v) is 5.02. The molecule has 1 saturated heterocycles. The van der Waals surface area contributed by atoms with Crippen molar-refractivity contribution in [2.45, 2.75) is 10.2 Å². The van der Waals surface area contributed by atoms with E-state index in [1.807, 2.05) is 33.3 Å². The maximum atomic E-state index is 2.39. The molecule has 0 amide bonds. The van der Waals surface area contributed by atoms with E-state index in [4.69, 9.17) is 0 Å². The minimum atomic E-state index is 0.613. The van der Waals surface area contributed by atoms with Crippen LogP contribution in [-0.4, -0.2) is 35.5 Å². The van der Waals surface area contributed by atoms with Gasteiger partial charge < -0.3 is 5.32 Å². The Kier molecular flexibility index (Phi) is 3.72.